The lowest BCUT2D eigenvalue weighted by atomic mass is 9.94. The van der Waals surface area contributed by atoms with Crippen LogP contribution in [-0.4, -0.2) is 4.98 Å². The zero-order valence-electron chi connectivity index (χ0n) is 12.7. The van der Waals surface area contributed by atoms with Crippen LogP contribution < -0.4 is 4.57 Å². The van der Waals surface area contributed by atoms with Gasteiger partial charge in [0, 0.05) is 18.5 Å². The van der Waals surface area contributed by atoms with Crippen LogP contribution in [0.5, 0.6) is 0 Å². The molecular weight excluding hydrogens is 256 g/mol. The number of nitrogens with zero attached hydrogens (tertiary/aromatic N) is 2. The lowest BCUT2D eigenvalue weighted by Gasteiger charge is -2.11. The zero-order chi connectivity index (χ0) is 14.8. The van der Waals surface area contributed by atoms with Crippen molar-refractivity contribution in [1.29, 1.82) is 0 Å². The number of aromatic nitrogens is 2. The molecule has 0 atom stereocenters. The molecule has 0 spiro atoms. The molecule has 0 fully saturated rings. The van der Waals surface area contributed by atoms with E-state index in [1.54, 1.807) is 0 Å². The van der Waals surface area contributed by atoms with Crippen molar-refractivity contribution in [2.45, 2.75) is 13.8 Å². The number of hydrogen-bond donors (Lipinski definition) is 0. The van der Waals surface area contributed by atoms with Crippen LogP contribution in [0.2, 0.25) is 0 Å². The van der Waals surface area contributed by atoms with Crippen LogP contribution >= 0.6 is 0 Å². The average molecular weight is 275 g/mol. The summed E-state index contributed by atoms with van der Waals surface area (Å²) in [5.74, 6) is 0. The highest BCUT2D eigenvalue weighted by atomic mass is 14.9. The van der Waals surface area contributed by atoms with E-state index in [2.05, 4.69) is 79.1 Å². The van der Waals surface area contributed by atoms with Crippen molar-refractivity contribution < 1.29 is 4.57 Å². The second-order valence-electron chi connectivity index (χ2n) is 5.39. The zero-order valence-corrected chi connectivity index (χ0v) is 12.7. The molecule has 0 unspecified atom stereocenters. The van der Waals surface area contributed by atoms with Crippen molar-refractivity contribution in [1.82, 2.24) is 4.98 Å². The first-order valence-corrected chi connectivity index (χ1v) is 7.14. The molecular formula is C19H19N2+. The molecule has 21 heavy (non-hydrogen) atoms. The van der Waals surface area contributed by atoms with Gasteiger partial charge in [0.1, 0.15) is 7.05 Å². The third-order valence-corrected chi connectivity index (χ3v) is 3.89. The van der Waals surface area contributed by atoms with E-state index in [-0.39, 0.29) is 0 Å². The Morgan fingerprint density at radius 2 is 1.57 bits per heavy atom. The summed E-state index contributed by atoms with van der Waals surface area (Å²) in [6, 6.07) is 14.9. The van der Waals surface area contributed by atoms with Crippen molar-refractivity contribution in [3.8, 4) is 22.4 Å². The smallest absolute Gasteiger partial charge is 0.220 e. The van der Waals surface area contributed by atoms with Gasteiger partial charge in [-0.3, -0.25) is 4.98 Å². The molecule has 3 aromatic rings. The van der Waals surface area contributed by atoms with Crippen LogP contribution in [0, 0.1) is 13.8 Å². The number of benzene rings is 1. The third-order valence-electron chi connectivity index (χ3n) is 3.89. The molecule has 0 saturated heterocycles. The Balaban J connectivity index is 2.32. The van der Waals surface area contributed by atoms with Crippen LogP contribution in [0.3, 0.4) is 0 Å². The molecule has 104 valence electrons. The van der Waals surface area contributed by atoms with Crippen molar-refractivity contribution in [3.05, 3.63) is 72.2 Å². The first kappa shape index (κ1) is 13.5. The van der Waals surface area contributed by atoms with Gasteiger partial charge in [0.25, 0.3) is 0 Å². The molecule has 0 bridgehead atoms. The van der Waals surface area contributed by atoms with Crippen LogP contribution in [0.15, 0.2) is 61.1 Å². The summed E-state index contributed by atoms with van der Waals surface area (Å²) in [7, 11) is 2.09. The van der Waals surface area contributed by atoms with E-state index >= 15 is 0 Å². The van der Waals surface area contributed by atoms with E-state index in [0.29, 0.717) is 0 Å². The summed E-state index contributed by atoms with van der Waals surface area (Å²) < 4.78 is 2.18. The predicted octanol–water partition coefficient (Wildman–Crippen LogP) is 3.86. The van der Waals surface area contributed by atoms with Crippen molar-refractivity contribution in [2.24, 2.45) is 7.05 Å². The number of aryl methyl sites for hydroxylation is 3. The van der Waals surface area contributed by atoms with E-state index < -0.39 is 0 Å². The Labute approximate surface area is 125 Å². The van der Waals surface area contributed by atoms with Gasteiger partial charge in [0.2, 0.25) is 5.69 Å². The summed E-state index contributed by atoms with van der Waals surface area (Å²) in [5, 5.41) is 0. The molecule has 0 radical (unpaired) electrons. The lowest BCUT2D eigenvalue weighted by molar-refractivity contribution is -0.660. The van der Waals surface area contributed by atoms with Gasteiger partial charge in [0.15, 0.2) is 6.20 Å². The van der Waals surface area contributed by atoms with Crippen LogP contribution in [0.25, 0.3) is 22.4 Å². The number of hydrogen-bond acceptors (Lipinski definition) is 1. The topological polar surface area (TPSA) is 16.8 Å². The summed E-state index contributed by atoms with van der Waals surface area (Å²) in [6.45, 7) is 4.27. The minimum absolute atomic E-state index is 1.19. The molecule has 0 amide bonds. The lowest BCUT2D eigenvalue weighted by Crippen LogP contribution is -2.31. The van der Waals surface area contributed by atoms with Crippen molar-refractivity contribution in [2.75, 3.05) is 0 Å². The molecule has 0 aliphatic carbocycles. The van der Waals surface area contributed by atoms with Crippen molar-refractivity contribution in [3.63, 3.8) is 0 Å². The molecule has 1 aromatic carbocycles. The van der Waals surface area contributed by atoms with Crippen LogP contribution in [-0.2, 0) is 7.05 Å². The van der Waals surface area contributed by atoms with Gasteiger partial charge in [-0.2, -0.15) is 0 Å². The van der Waals surface area contributed by atoms with Gasteiger partial charge in [-0.15, -0.1) is 0 Å². The minimum Gasteiger partial charge on any atom is -0.264 e. The fraction of sp³-hybridized carbons (Fsp3) is 0.158. The summed E-state index contributed by atoms with van der Waals surface area (Å²) in [6.07, 6.45) is 5.87. The first-order valence-electron chi connectivity index (χ1n) is 7.14. The van der Waals surface area contributed by atoms with Crippen LogP contribution in [0.4, 0.5) is 0 Å². The van der Waals surface area contributed by atoms with Gasteiger partial charge in [-0.05, 0) is 42.7 Å². The Bertz CT molecular complexity index is 791. The highest BCUT2D eigenvalue weighted by molar-refractivity contribution is 5.81. The standard InChI is InChI=1S/C19H19N2/c1-14-7-4-5-8-16(14)18-9-6-12-21(3)19(18)17-10-11-20-13-15(17)2/h4-13H,1-3H3/q+1. The summed E-state index contributed by atoms with van der Waals surface area (Å²) >= 11 is 0. The van der Waals surface area contributed by atoms with Gasteiger partial charge < -0.3 is 0 Å². The average Bonchev–Trinajstić information content (AvgIpc) is 2.49. The van der Waals surface area contributed by atoms with Crippen molar-refractivity contribution >= 4 is 0 Å². The van der Waals surface area contributed by atoms with E-state index in [0.717, 1.165) is 0 Å². The van der Waals surface area contributed by atoms with Crippen LogP contribution in [0.1, 0.15) is 11.1 Å². The van der Waals surface area contributed by atoms with Gasteiger partial charge >= 0.3 is 0 Å². The minimum atomic E-state index is 1.19. The fourth-order valence-electron chi connectivity index (χ4n) is 2.78. The Kier molecular flexibility index (Phi) is 3.53. The molecule has 2 heterocycles. The highest BCUT2D eigenvalue weighted by Crippen LogP contribution is 2.32. The Hall–Kier alpha value is -2.48. The Morgan fingerprint density at radius 3 is 2.33 bits per heavy atom. The molecule has 0 saturated carbocycles. The second kappa shape index (κ2) is 5.49. The molecule has 2 aromatic heterocycles. The summed E-state index contributed by atoms with van der Waals surface area (Å²) in [4.78, 5) is 4.21. The predicted molar refractivity (Wildman–Crippen MR) is 85.8 cm³/mol. The second-order valence-corrected chi connectivity index (χ2v) is 5.39. The fourth-order valence-corrected chi connectivity index (χ4v) is 2.78. The van der Waals surface area contributed by atoms with Gasteiger partial charge in [0.05, 0.1) is 11.1 Å². The monoisotopic (exact) mass is 275 g/mol. The first-order chi connectivity index (χ1) is 10.2. The summed E-state index contributed by atoms with van der Waals surface area (Å²) in [5.41, 5.74) is 7.47. The van der Waals surface area contributed by atoms with E-state index in [1.807, 2.05) is 12.4 Å². The van der Waals surface area contributed by atoms with Gasteiger partial charge in [-0.1, -0.05) is 24.3 Å². The number of rotatable bonds is 2. The molecule has 0 aliphatic rings. The molecule has 0 N–H and O–H groups in total. The maximum Gasteiger partial charge on any atom is 0.220 e. The highest BCUT2D eigenvalue weighted by Gasteiger charge is 2.19. The van der Waals surface area contributed by atoms with E-state index in [4.69, 9.17) is 0 Å². The largest absolute Gasteiger partial charge is 0.264 e. The number of pyridine rings is 2. The molecule has 0 aliphatic heterocycles. The van der Waals surface area contributed by atoms with E-state index in [1.165, 1.54) is 33.5 Å². The quantitative estimate of drug-likeness (QED) is 0.649. The Morgan fingerprint density at radius 1 is 0.810 bits per heavy atom. The maximum atomic E-state index is 4.21. The molecule has 3 rings (SSSR count). The third kappa shape index (κ3) is 2.45. The van der Waals surface area contributed by atoms with Gasteiger partial charge in [-0.25, -0.2) is 4.57 Å². The molecule has 2 nitrogen and oxygen atoms in total. The molecule has 2 heteroatoms. The normalized spacial score (nSPS) is 10.6. The maximum absolute atomic E-state index is 4.21. The van der Waals surface area contributed by atoms with E-state index in [9.17, 15) is 0 Å². The SMILES string of the molecule is Cc1ccccc1-c1ccc[n+](C)c1-c1ccncc1C.